The smallest absolute Gasteiger partial charge is 0.200 e. The van der Waals surface area contributed by atoms with E-state index in [-0.39, 0.29) is 12.4 Å². The second kappa shape index (κ2) is 6.00. The first kappa shape index (κ1) is 13.1. The lowest BCUT2D eigenvalue weighted by Gasteiger charge is -2.08. The molecule has 0 aliphatic carbocycles. The first-order chi connectivity index (χ1) is 8.68. The number of rotatable bonds is 4. The normalized spacial score (nSPS) is 10.1. The number of Topliss-reactive ketones (excluding diaryl/α,β-unsaturated/α-hetero) is 1. The Hall–Kier alpha value is -1.36. The van der Waals surface area contributed by atoms with Gasteiger partial charge in [0.25, 0.3) is 0 Å². The molecule has 0 spiro atoms. The van der Waals surface area contributed by atoms with Crippen LogP contribution >= 0.6 is 22.6 Å². The highest BCUT2D eigenvalue weighted by Gasteiger charge is 2.09. The van der Waals surface area contributed by atoms with Crippen LogP contribution < -0.4 is 4.74 Å². The molecular formula is C15H13IO2. The zero-order valence-corrected chi connectivity index (χ0v) is 12.2. The molecule has 0 amide bonds. The van der Waals surface area contributed by atoms with Crippen molar-refractivity contribution in [1.82, 2.24) is 0 Å². The average molecular weight is 352 g/mol. The fourth-order valence-electron chi connectivity index (χ4n) is 1.67. The third-order valence-corrected chi connectivity index (χ3v) is 3.53. The van der Waals surface area contributed by atoms with Crippen molar-refractivity contribution in [2.24, 2.45) is 0 Å². The maximum Gasteiger partial charge on any atom is 0.200 e. The maximum absolute atomic E-state index is 12.0. The van der Waals surface area contributed by atoms with Crippen molar-refractivity contribution in [1.29, 1.82) is 0 Å². The number of benzene rings is 2. The van der Waals surface area contributed by atoms with Crippen LogP contribution in [0.2, 0.25) is 0 Å². The number of ether oxygens (including phenoxy) is 1. The number of carbonyl (C=O) groups is 1. The van der Waals surface area contributed by atoms with E-state index < -0.39 is 0 Å². The van der Waals surface area contributed by atoms with Crippen LogP contribution in [-0.2, 0) is 0 Å². The highest BCUT2D eigenvalue weighted by atomic mass is 127. The molecule has 0 atom stereocenters. The number of para-hydroxylation sites is 1. The summed E-state index contributed by atoms with van der Waals surface area (Å²) in [4.78, 5) is 12.0. The molecule has 0 N–H and O–H groups in total. The van der Waals surface area contributed by atoms with Gasteiger partial charge in [-0.05, 0) is 47.2 Å². The van der Waals surface area contributed by atoms with Crippen LogP contribution in [0.3, 0.4) is 0 Å². The van der Waals surface area contributed by atoms with E-state index in [0.29, 0.717) is 0 Å². The zero-order valence-electron chi connectivity index (χ0n) is 10.0. The Morgan fingerprint density at radius 2 is 1.78 bits per heavy atom. The molecule has 0 radical (unpaired) electrons. The van der Waals surface area contributed by atoms with Crippen molar-refractivity contribution >= 4 is 28.4 Å². The van der Waals surface area contributed by atoms with Gasteiger partial charge in [0.1, 0.15) is 5.75 Å². The van der Waals surface area contributed by atoms with Gasteiger partial charge in [0.15, 0.2) is 12.4 Å². The van der Waals surface area contributed by atoms with Crippen LogP contribution in [-0.4, -0.2) is 12.4 Å². The fraction of sp³-hybridized carbons (Fsp3) is 0.133. The Labute approximate surface area is 120 Å². The maximum atomic E-state index is 12.0. The topological polar surface area (TPSA) is 26.3 Å². The summed E-state index contributed by atoms with van der Waals surface area (Å²) >= 11 is 2.19. The van der Waals surface area contributed by atoms with E-state index in [4.69, 9.17) is 4.74 Å². The largest absolute Gasteiger partial charge is 0.484 e. The van der Waals surface area contributed by atoms with E-state index in [0.717, 1.165) is 20.4 Å². The number of hydrogen-bond donors (Lipinski definition) is 0. The molecule has 3 heteroatoms. The Morgan fingerprint density at radius 1 is 1.11 bits per heavy atom. The van der Waals surface area contributed by atoms with E-state index >= 15 is 0 Å². The van der Waals surface area contributed by atoms with Crippen LogP contribution in [0.1, 0.15) is 15.9 Å². The number of halogens is 1. The predicted octanol–water partition coefficient (Wildman–Crippen LogP) is 3.86. The molecule has 0 saturated carbocycles. The molecule has 0 aliphatic heterocycles. The highest BCUT2D eigenvalue weighted by Crippen LogP contribution is 2.20. The van der Waals surface area contributed by atoms with Gasteiger partial charge in [0, 0.05) is 5.56 Å². The van der Waals surface area contributed by atoms with Crippen molar-refractivity contribution in [3.63, 3.8) is 0 Å². The molecule has 0 saturated heterocycles. The summed E-state index contributed by atoms with van der Waals surface area (Å²) in [7, 11) is 0. The fourth-order valence-corrected chi connectivity index (χ4v) is 2.21. The van der Waals surface area contributed by atoms with Crippen molar-refractivity contribution in [3.05, 3.63) is 63.2 Å². The van der Waals surface area contributed by atoms with E-state index in [1.807, 2.05) is 55.5 Å². The first-order valence-corrected chi connectivity index (χ1v) is 6.72. The number of hydrogen-bond acceptors (Lipinski definition) is 2. The number of aryl methyl sites for hydroxylation is 1. The zero-order chi connectivity index (χ0) is 13.0. The Bertz CT molecular complexity index is 564. The monoisotopic (exact) mass is 352 g/mol. The molecule has 2 rings (SSSR count). The van der Waals surface area contributed by atoms with Crippen molar-refractivity contribution in [2.75, 3.05) is 6.61 Å². The summed E-state index contributed by atoms with van der Waals surface area (Å²) in [6, 6.07) is 15.2. The SMILES string of the molecule is Cc1ccccc1C(=O)COc1ccccc1I. The second-order valence-corrected chi connectivity index (χ2v) is 5.12. The number of carbonyl (C=O) groups excluding carboxylic acids is 1. The molecule has 92 valence electrons. The van der Waals surface area contributed by atoms with E-state index in [1.165, 1.54) is 0 Å². The minimum atomic E-state index is 0.00718. The summed E-state index contributed by atoms with van der Waals surface area (Å²) in [6.45, 7) is 2.00. The minimum absolute atomic E-state index is 0.00718. The second-order valence-electron chi connectivity index (χ2n) is 3.96. The van der Waals surface area contributed by atoms with Crippen molar-refractivity contribution < 1.29 is 9.53 Å². The van der Waals surface area contributed by atoms with Gasteiger partial charge in [-0.25, -0.2) is 0 Å². The molecule has 0 fully saturated rings. The quantitative estimate of drug-likeness (QED) is 0.617. The van der Waals surface area contributed by atoms with Gasteiger partial charge in [0.2, 0.25) is 0 Å². The summed E-state index contributed by atoms with van der Waals surface area (Å²) in [5.74, 6) is 0.757. The van der Waals surface area contributed by atoms with Gasteiger partial charge in [0.05, 0.1) is 3.57 Å². The van der Waals surface area contributed by atoms with Crippen LogP contribution in [0.5, 0.6) is 5.75 Å². The lowest BCUT2D eigenvalue weighted by atomic mass is 10.1. The summed E-state index contributed by atoms with van der Waals surface area (Å²) in [5.41, 5.74) is 1.71. The van der Waals surface area contributed by atoms with E-state index in [1.54, 1.807) is 0 Å². The van der Waals surface area contributed by atoms with Crippen LogP contribution in [0, 0.1) is 10.5 Å². The third-order valence-electron chi connectivity index (χ3n) is 2.64. The molecule has 0 aromatic heterocycles. The van der Waals surface area contributed by atoms with Crippen LogP contribution in [0.25, 0.3) is 0 Å². The Morgan fingerprint density at radius 3 is 2.50 bits per heavy atom. The predicted molar refractivity (Wildman–Crippen MR) is 80.2 cm³/mol. The average Bonchev–Trinajstić information content (AvgIpc) is 2.38. The molecule has 2 aromatic rings. The molecule has 2 nitrogen and oxygen atoms in total. The van der Waals surface area contributed by atoms with Gasteiger partial charge >= 0.3 is 0 Å². The molecule has 2 aromatic carbocycles. The lowest BCUT2D eigenvalue weighted by molar-refractivity contribution is 0.0920. The van der Waals surface area contributed by atoms with Gasteiger partial charge in [-0.2, -0.15) is 0 Å². The van der Waals surface area contributed by atoms with Gasteiger partial charge in [-0.3, -0.25) is 4.79 Å². The van der Waals surface area contributed by atoms with E-state index in [2.05, 4.69) is 22.6 Å². The summed E-state index contributed by atoms with van der Waals surface area (Å²) < 4.78 is 6.56. The first-order valence-electron chi connectivity index (χ1n) is 5.64. The van der Waals surface area contributed by atoms with Gasteiger partial charge < -0.3 is 4.74 Å². The Kier molecular flexibility index (Phi) is 4.36. The number of ketones is 1. The van der Waals surface area contributed by atoms with Crippen LogP contribution in [0.4, 0.5) is 0 Å². The summed E-state index contributed by atoms with van der Waals surface area (Å²) in [6.07, 6.45) is 0. The Balaban J connectivity index is 2.06. The van der Waals surface area contributed by atoms with Gasteiger partial charge in [-0.15, -0.1) is 0 Å². The summed E-state index contributed by atoms with van der Waals surface area (Å²) in [5, 5.41) is 0. The van der Waals surface area contributed by atoms with Gasteiger partial charge in [-0.1, -0.05) is 36.4 Å². The van der Waals surface area contributed by atoms with E-state index in [9.17, 15) is 4.79 Å². The molecule has 0 heterocycles. The molecule has 18 heavy (non-hydrogen) atoms. The lowest BCUT2D eigenvalue weighted by Crippen LogP contribution is -2.13. The van der Waals surface area contributed by atoms with Crippen LogP contribution in [0.15, 0.2) is 48.5 Å². The molecule has 0 unspecified atom stereocenters. The molecular weight excluding hydrogens is 339 g/mol. The molecule has 0 bridgehead atoms. The van der Waals surface area contributed by atoms with Crippen molar-refractivity contribution in [3.8, 4) is 5.75 Å². The minimum Gasteiger partial charge on any atom is -0.484 e. The highest BCUT2D eigenvalue weighted by molar-refractivity contribution is 14.1. The third kappa shape index (κ3) is 3.10. The molecule has 0 aliphatic rings. The van der Waals surface area contributed by atoms with Crippen molar-refractivity contribution in [2.45, 2.75) is 6.92 Å². The standard InChI is InChI=1S/C15H13IO2/c1-11-6-2-3-7-12(11)14(17)10-18-15-9-5-4-8-13(15)16/h2-9H,10H2,1H3.